The SMILES string of the molecule is O=C1CC(c2ccc(Cl)cc2)CC(=O)N1CCCCN1CCC(c2noc3cc(F)ccc23)CC1. The summed E-state index contributed by atoms with van der Waals surface area (Å²) in [5.74, 6) is -0.228. The van der Waals surface area contributed by atoms with Gasteiger partial charge in [-0.05, 0) is 75.1 Å². The molecule has 0 aliphatic carbocycles. The van der Waals surface area contributed by atoms with E-state index < -0.39 is 0 Å². The number of carbonyl (C=O) groups excluding carboxylic acids is 2. The van der Waals surface area contributed by atoms with Gasteiger partial charge in [-0.3, -0.25) is 14.5 Å². The lowest BCUT2D eigenvalue weighted by molar-refractivity contribution is -0.148. The van der Waals surface area contributed by atoms with Crippen molar-refractivity contribution in [1.82, 2.24) is 15.0 Å². The molecule has 2 aliphatic rings. The number of halogens is 2. The minimum atomic E-state index is -0.315. The van der Waals surface area contributed by atoms with Crippen molar-refractivity contribution in [3.8, 4) is 0 Å². The quantitative estimate of drug-likeness (QED) is 0.318. The van der Waals surface area contributed by atoms with Gasteiger partial charge in [-0.2, -0.15) is 0 Å². The van der Waals surface area contributed by atoms with E-state index in [9.17, 15) is 14.0 Å². The number of hydrogen-bond donors (Lipinski definition) is 0. The van der Waals surface area contributed by atoms with Crippen LogP contribution in [0.5, 0.6) is 0 Å². The first-order chi connectivity index (χ1) is 17.0. The van der Waals surface area contributed by atoms with Crippen LogP contribution in [0.3, 0.4) is 0 Å². The van der Waals surface area contributed by atoms with Crippen LogP contribution >= 0.6 is 11.6 Å². The molecule has 3 heterocycles. The van der Waals surface area contributed by atoms with Crippen LogP contribution in [0, 0.1) is 5.82 Å². The molecule has 1 aromatic heterocycles. The maximum absolute atomic E-state index is 13.4. The van der Waals surface area contributed by atoms with Gasteiger partial charge in [0, 0.05) is 47.7 Å². The third kappa shape index (κ3) is 5.41. The fraction of sp³-hybridized carbons (Fsp3) is 0.444. The lowest BCUT2D eigenvalue weighted by Gasteiger charge is -2.32. The molecule has 2 saturated heterocycles. The van der Waals surface area contributed by atoms with Gasteiger partial charge in [0.15, 0.2) is 5.58 Å². The number of carbonyl (C=O) groups is 2. The number of piperidine rings is 2. The van der Waals surface area contributed by atoms with E-state index in [1.54, 1.807) is 18.2 Å². The third-order valence-corrected chi connectivity index (χ3v) is 7.58. The summed E-state index contributed by atoms with van der Waals surface area (Å²) in [6.45, 7) is 3.36. The van der Waals surface area contributed by atoms with Gasteiger partial charge in [0.2, 0.25) is 11.8 Å². The van der Waals surface area contributed by atoms with Crippen molar-refractivity contribution in [2.75, 3.05) is 26.2 Å². The molecule has 2 amide bonds. The number of likely N-dealkylation sites (tertiary alicyclic amines) is 2. The molecule has 0 spiro atoms. The summed E-state index contributed by atoms with van der Waals surface area (Å²) in [6, 6.07) is 12.0. The number of benzene rings is 2. The van der Waals surface area contributed by atoms with Crippen LogP contribution in [0.25, 0.3) is 11.0 Å². The Morgan fingerprint density at radius 3 is 2.34 bits per heavy atom. The average molecular weight is 498 g/mol. The molecule has 6 nitrogen and oxygen atoms in total. The second-order valence-electron chi connectivity index (χ2n) is 9.63. The van der Waals surface area contributed by atoms with E-state index in [4.69, 9.17) is 16.1 Å². The molecule has 0 radical (unpaired) electrons. The van der Waals surface area contributed by atoms with Crippen molar-refractivity contribution in [2.24, 2.45) is 0 Å². The molecule has 0 unspecified atom stereocenters. The molecular formula is C27H29ClFN3O3. The number of fused-ring (bicyclic) bond motifs is 1. The monoisotopic (exact) mass is 497 g/mol. The fourth-order valence-corrected chi connectivity index (χ4v) is 5.46. The number of hydrogen-bond acceptors (Lipinski definition) is 5. The van der Waals surface area contributed by atoms with Gasteiger partial charge in [0.05, 0.1) is 5.69 Å². The number of amides is 2. The molecule has 2 aliphatic heterocycles. The predicted molar refractivity (Wildman–Crippen MR) is 132 cm³/mol. The first-order valence-electron chi connectivity index (χ1n) is 12.3. The Labute approximate surface area is 209 Å². The van der Waals surface area contributed by atoms with Crippen LogP contribution < -0.4 is 0 Å². The predicted octanol–water partition coefficient (Wildman–Crippen LogP) is 5.51. The summed E-state index contributed by atoms with van der Waals surface area (Å²) < 4.78 is 18.7. The Bertz CT molecular complexity index is 1190. The molecule has 8 heteroatoms. The Hall–Kier alpha value is -2.77. The van der Waals surface area contributed by atoms with Crippen molar-refractivity contribution >= 4 is 34.4 Å². The number of imide groups is 1. The fourth-order valence-electron chi connectivity index (χ4n) is 5.33. The highest BCUT2D eigenvalue weighted by atomic mass is 35.5. The van der Waals surface area contributed by atoms with Crippen molar-refractivity contribution < 1.29 is 18.5 Å². The van der Waals surface area contributed by atoms with Crippen molar-refractivity contribution in [3.05, 3.63) is 64.6 Å². The van der Waals surface area contributed by atoms with E-state index in [1.165, 1.54) is 17.0 Å². The van der Waals surface area contributed by atoms with Gasteiger partial charge in [-0.1, -0.05) is 28.9 Å². The van der Waals surface area contributed by atoms with Crippen LogP contribution in [0.1, 0.15) is 61.6 Å². The molecule has 0 bridgehead atoms. The zero-order chi connectivity index (χ0) is 24.4. The van der Waals surface area contributed by atoms with Crippen molar-refractivity contribution in [2.45, 2.75) is 50.4 Å². The average Bonchev–Trinajstić information content (AvgIpc) is 3.27. The second kappa shape index (κ2) is 10.5. The molecule has 2 aromatic carbocycles. The molecule has 0 N–H and O–H groups in total. The van der Waals surface area contributed by atoms with Crippen LogP contribution in [-0.2, 0) is 9.59 Å². The van der Waals surface area contributed by atoms with Crippen LogP contribution in [0.4, 0.5) is 4.39 Å². The van der Waals surface area contributed by atoms with Crippen molar-refractivity contribution in [3.63, 3.8) is 0 Å². The van der Waals surface area contributed by atoms with E-state index in [0.717, 1.165) is 62.0 Å². The van der Waals surface area contributed by atoms with Gasteiger partial charge in [-0.15, -0.1) is 0 Å². The minimum absolute atomic E-state index is 0.0642. The highest BCUT2D eigenvalue weighted by Gasteiger charge is 2.33. The number of rotatable bonds is 7. The summed E-state index contributed by atoms with van der Waals surface area (Å²) in [6.07, 6.45) is 4.44. The first kappa shape index (κ1) is 23.9. The van der Waals surface area contributed by atoms with Crippen LogP contribution in [0.2, 0.25) is 5.02 Å². The maximum Gasteiger partial charge on any atom is 0.229 e. The maximum atomic E-state index is 13.4. The van der Waals surface area contributed by atoms with Gasteiger partial charge in [-0.25, -0.2) is 4.39 Å². The largest absolute Gasteiger partial charge is 0.356 e. The van der Waals surface area contributed by atoms with E-state index in [2.05, 4.69) is 10.1 Å². The van der Waals surface area contributed by atoms with E-state index in [1.807, 2.05) is 12.1 Å². The highest BCUT2D eigenvalue weighted by molar-refractivity contribution is 6.30. The van der Waals surface area contributed by atoms with Gasteiger partial charge < -0.3 is 9.42 Å². The van der Waals surface area contributed by atoms with E-state index in [-0.39, 0.29) is 23.5 Å². The zero-order valence-electron chi connectivity index (χ0n) is 19.6. The Kier molecular flexibility index (Phi) is 7.16. The van der Waals surface area contributed by atoms with E-state index >= 15 is 0 Å². The summed E-state index contributed by atoms with van der Waals surface area (Å²) in [5, 5.41) is 5.77. The molecular weight excluding hydrogens is 469 g/mol. The smallest absolute Gasteiger partial charge is 0.229 e. The van der Waals surface area contributed by atoms with Gasteiger partial charge in [0.25, 0.3) is 0 Å². The molecule has 0 atom stereocenters. The summed E-state index contributed by atoms with van der Waals surface area (Å²) in [7, 11) is 0. The van der Waals surface area contributed by atoms with Crippen LogP contribution in [0.15, 0.2) is 47.0 Å². The van der Waals surface area contributed by atoms with Crippen LogP contribution in [-0.4, -0.2) is 52.9 Å². The topological polar surface area (TPSA) is 66.7 Å². The summed E-state index contributed by atoms with van der Waals surface area (Å²) in [4.78, 5) is 29.2. The molecule has 0 saturated carbocycles. The summed E-state index contributed by atoms with van der Waals surface area (Å²) in [5.41, 5.74) is 2.42. The second-order valence-corrected chi connectivity index (χ2v) is 10.1. The van der Waals surface area contributed by atoms with Crippen molar-refractivity contribution in [1.29, 1.82) is 0 Å². The third-order valence-electron chi connectivity index (χ3n) is 7.33. The van der Waals surface area contributed by atoms with E-state index in [0.29, 0.717) is 35.9 Å². The Morgan fingerprint density at radius 1 is 0.943 bits per heavy atom. The molecule has 2 fully saturated rings. The molecule has 3 aromatic rings. The normalized spacial score (nSPS) is 18.6. The highest BCUT2D eigenvalue weighted by Crippen LogP contribution is 2.33. The zero-order valence-corrected chi connectivity index (χ0v) is 20.3. The summed E-state index contributed by atoms with van der Waals surface area (Å²) >= 11 is 5.95. The Morgan fingerprint density at radius 2 is 1.63 bits per heavy atom. The molecule has 35 heavy (non-hydrogen) atoms. The molecule has 5 rings (SSSR count). The number of aromatic nitrogens is 1. The lowest BCUT2D eigenvalue weighted by atomic mass is 9.88. The van der Waals surface area contributed by atoms with Gasteiger partial charge >= 0.3 is 0 Å². The Balaban J connectivity index is 1.05. The standard InChI is InChI=1S/C27H29ClFN3O3/c28-21-5-3-18(4-6-21)20-15-25(33)32(26(34)16-20)12-2-1-11-31-13-9-19(10-14-31)27-23-8-7-22(29)17-24(23)35-30-27/h3-8,17,19-20H,1-2,9-16H2. The minimum Gasteiger partial charge on any atom is -0.356 e. The van der Waals surface area contributed by atoms with Gasteiger partial charge in [0.1, 0.15) is 5.82 Å². The number of nitrogens with zero attached hydrogens (tertiary/aromatic N) is 3. The first-order valence-corrected chi connectivity index (χ1v) is 12.7. The molecule has 184 valence electrons. The number of unbranched alkanes of at least 4 members (excludes halogenated alkanes) is 1. The lowest BCUT2D eigenvalue weighted by Crippen LogP contribution is -2.43.